The van der Waals surface area contributed by atoms with Crippen LogP contribution >= 0.6 is 0 Å². The SMILES string of the molecule is CCCCS(=O)(=O)N1CCC2(CC1)C(=O)N(C)CCN2Cc1ccccc1.O=C(O)C(F)(F)F. The third kappa shape index (κ3) is 6.92. The number of piperidine rings is 1. The van der Waals surface area contributed by atoms with Crippen molar-refractivity contribution in [2.45, 2.75) is 50.9 Å². The average Bonchev–Trinajstić information content (AvgIpc) is 2.79. The van der Waals surface area contributed by atoms with Gasteiger partial charge >= 0.3 is 12.1 Å². The zero-order chi connectivity index (χ0) is 25.6. The third-order valence-electron chi connectivity index (χ3n) is 6.21. The molecule has 2 heterocycles. The minimum atomic E-state index is -5.08. The number of hydrogen-bond acceptors (Lipinski definition) is 5. The number of sulfonamides is 1. The summed E-state index contributed by atoms with van der Waals surface area (Å²) >= 11 is 0. The summed E-state index contributed by atoms with van der Waals surface area (Å²) in [7, 11) is -1.36. The molecule has 0 saturated carbocycles. The molecule has 1 spiro atoms. The standard InChI is InChI=1S/C20H31N3O3S.C2HF3O2/c1-3-4-16-27(25,26)23-12-10-20(11-13-23)19(24)21(2)14-15-22(20)17-18-8-6-5-7-9-18;3-2(4,5)1(6)7/h5-9H,3-4,10-17H2,1-2H3;(H,6,7). The Balaban J connectivity index is 0.000000509. The van der Waals surface area contributed by atoms with Crippen LogP contribution in [0.4, 0.5) is 13.2 Å². The Hall–Kier alpha value is -2.18. The molecule has 1 aromatic carbocycles. The fourth-order valence-electron chi connectivity index (χ4n) is 4.23. The highest BCUT2D eigenvalue weighted by Gasteiger charge is 2.50. The van der Waals surface area contributed by atoms with Gasteiger partial charge in [0.1, 0.15) is 5.54 Å². The molecule has 3 rings (SSSR count). The Morgan fingerprint density at radius 2 is 1.65 bits per heavy atom. The first-order valence-corrected chi connectivity index (χ1v) is 12.8. The number of amides is 1. The van der Waals surface area contributed by atoms with Crippen molar-refractivity contribution in [2.24, 2.45) is 0 Å². The van der Waals surface area contributed by atoms with Gasteiger partial charge in [0.05, 0.1) is 5.75 Å². The van der Waals surface area contributed by atoms with E-state index < -0.39 is 27.7 Å². The number of nitrogens with zero attached hydrogens (tertiary/aromatic N) is 3. The maximum absolute atomic E-state index is 13.1. The molecule has 0 bridgehead atoms. The first-order chi connectivity index (χ1) is 15.8. The Kier molecular flexibility index (Phi) is 9.49. The van der Waals surface area contributed by atoms with Crippen LogP contribution in [0.25, 0.3) is 0 Å². The fraction of sp³-hybridized carbons (Fsp3) is 0.636. The smallest absolute Gasteiger partial charge is 0.475 e. The van der Waals surface area contributed by atoms with Gasteiger partial charge in [-0.05, 0) is 24.8 Å². The van der Waals surface area contributed by atoms with Gasteiger partial charge in [-0.15, -0.1) is 0 Å². The predicted molar refractivity (Wildman–Crippen MR) is 120 cm³/mol. The molecule has 1 amide bonds. The van der Waals surface area contributed by atoms with Crippen LogP contribution in [0, 0.1) is 0 Å². The molecular formula is C22H32F3N3O5S. The summed E-state index contributed by atoms with van der Waals surface area (Å²) in [4.78, 5) is 26.1. The monoisotopic (exact) mass is 507 g/mol. The molecule has 2 saturated heterocycles. The predicted octanol–water partition coefficient (Wildman–Crippen LogP) is 2.56. The third-order valence-corrected chi connectivity index (χ3v) is 8.17. The van der Waals surface area contributed by atoms with Gasteiger partial charge in [-0.3, -0.25) is 9.69 Å². The number of hydrogen-bond donors (Lipinski definition) is 1. The lowest BCUT2D eigenvalue weighted by Gasteiger charge is -2.52. The summed E-state index contributed by atoms with van der Waals surface area (Å²) in [5, 5.41) is 7.12. The molecule has 1 aromatic rings. The number of benzene rings is 1. The van der Waals surface area contributed by atoms with Crippen molar-refractivity contribution in [1.29, 1.82) is 0 Å². The molecule has 1 N–H and O–H groups in total. The van der Waals surface area contributed by atoms with Gasteiger partial charge in [0.25, 0.3) is 0 Å². The molecule has 2 fully saturated rings. The second-order valence-electron chi connectivity index (χ2n) is 8.54. The van der Waals surface area contributed by atoms with Gasteiger partial charge in [-0.2, -0.15) is 13.2 Å². The van der Waals surface area contributed by atoms with Gasteiger partial charge in [-0.25, -0.2) is 17.5 Å². The lowest BCUT2D eigenvalue weighted by molar-refractivity contribution is -0.192. The Morgan fingerprint density at radius 3 is 2.15 bits per heavy atom. The van der Waals surface area contributed by atoms with E-state index in [0.29, 0.717) is 38.9 Å². The largest absolute Gasteiger partial charge is 0.490 e. The van der Waals surface area contributed by atoms with Crippen molar-refractivity contribution in [1.82, 2.24) is 14.1 Å². The van der Waals surface area contributed by atoms with E-state index in [4.69, 9.17) is 9.90 Å². The molecular weight excluding hydrogens is 475 g/mol. The van der Waals surface area contributed by atoms with Crippen molar-refractivity contribution in [3.8, 4) is 0 Å². The molecule has 12 heteroatoms. The van der Waals surface area contributed by atoms with E-state index in [9.17, 15) is 26.4 Å². The van der Waals surface area contributed by atoms with Crippen LogP contribution < -0.4 is 0 Å². The first kappa shape index (κ1) is 28.1. The number of likely N-dealkylation sites (N-methyl/N-ethyl adjacent to an activating group) is 1. The number of carboxylic acids is 1. The zero-order valence-corrected chi connectivity index (χ0v) is 20.2. The molecule has 2 aliphatic heterocycles. The van der Waals surface area contributed by atoms with E-state index in [1.165, 1.54) is 5.56 Å². The summed E-state index contributed by atoms with van der Waals surface area (Å²) < 4.78 is 58.4. The van der Waals surface area contributed by atoms with E-state index in [0.717, 1.165) is 19.5 Å². The normalized spacial score (nSPS) is 19.6. The molecule has 2 aliphatic rings. The molecule has 192 valence electrons. The maximum Gasteiger partial charge on any atom is 0.490 e. The highest BCUT2D eigenvalue weighted by atomic mass is 32.2. The van der Waals surface area contributed by atoms with Gasteiger partial charge in [0, 0.05) is 39.8 Å². The number of aliphatic carboxylic acids is 1. The Labute approximate surface area is 198 Å². The number of piperazine rings is 1. The van der Waals surface area contributed by atoms with Crippen LogP contribution in [-0.4, -0.2) is 90.2 Å². The van der Waals surface area contributed by atoms with Crippen LogP contribution in [0.2, 0.25) is 0 Å². The van der Waals surface area contributed by atoms with Gasteiger partial charge in [-0.1, -0.05) is 43.7 Å². The summed E-state index contributed by atoms with van der Waals surface area (Å²) in [5.74, 6) is -2.42. The summed E-state index contributed by atoms with van der Waals surface area (Å²) in [5.41, 5.74) is 0.604. The van der Waals surface area contributed by atoms with Gasteiger partial charge in [0.2, 0.25) is 15.9 Å². The fourth-order valence-corrected chi connectivity index (χ4v) is 5.88. The molecule has 0 aliphatic carbocycles. The van der Waals surface area contributed by atoms with Crippen LogP contribution in [0.1, 0.15) is 38.2 Å². The highest BCUT2D eigenvalue weighted by molar-refractivity contribution is 7.89. The Morgan fingerprint density at radius 1 is 1.09 bits per heavy atom. The summed E-state index contributed by atoms with van der Waals surface area (Å²) in [6.07, 6.45) is -2.40. The molecule has 0 radical (unpaired) electrons. The number of carboxylic acid groups (broad SMARTS) is 1. The number of carbonyl (C=O) groups excluding carboxylic acids is 1. The number of carbonyl (C=O) groups is 2. The first-order valence-electron chi connectivity index (χ1n) is 11.2. The lowest BCUT2D eigenvalue weighted by atomic mass is 9.83. The van der Waals surface area contributed by atoms with Crippen LogP contribution in [0.3, 0.4) is 0 Å². The molecule has 8 nitrogen and oxygen atoms in total. The molecule has 0 unspecified atom stereocenters. The van der Waals surface area contributed by atoms with E-state index in [2.05, 4.69) is 17.0 Å². The van der Waals surface area contributed by atoms with Crippen molar-refractivity contribution in [3.63, 3.8) is 0 Å². The van der Waals surface area contributed by atoms with Crippen LogP contribution in [-0.2, 0) is 26.2 Å². The van der Waals surface area contributed by atoms with Gasteiger partial charge < -0.3 is 10.0 Å². The van der Waals surface area contributed by atoms with Crippen molar-refractivity contribution >= 4 is 21.9 Å². The second kappa shape index (κ2) is 11.5. The Bertz CT molecular complexity index is 933. The minimum absolute atomic E-state index is 0.135. The second-order valence-corrected chi connectivity index (χ2v) is 10.6. The van der Waals surface area contributed by atoms with Crippen LogP contribution in [0.5, 0.6) is 0 Å². The minimum Gasteiger partial charge on any atom is -0.475 e. The topological polar surface area (TPSA) is 98.2 Å². The van der Waals surface area contributed by atoms with Crippen molar-refractivity contribution < 1.29 is 36.3 Å². The summed E-state index contributed by atoms with van der Waals surface area (Å²) in [6.45, 7) is 5.11. The van der Waals surface area contributed by atoms with Crippen molar-refractivity contribution in [3.05, 3.63) is 35.9 Å². The average molecular weight is 508 g/mol. The van der Waals surface area contributed by atoms with E-state index in [-0.39, 0.29) is 11.7 Å². The molecule has 0 atom stereocenters. The maximum atomic E-state index is 13.1. The van der Waals surface area contributed by atoms with E-state index in [1.54, 1.807) is 4.31 Å². The molecule has 0 aromatic heterocycles. The number of halogens is 3. The van der Waals surface area contributed by atoms with E-state index in [1.807, 2.05) is 37.1 Å². The van der Waals surface area contributed by atoms with Gasteiger partial charge in [0.15, 0.2) is 0 Å². The van der Waals surface area contributed by atoms with Crippen molar-refractivity contribution in [2.75, 3.05) is 39.0 Å². The number of rotatable bonds is 6. The van der Waals surface area contributed by atoms with E-state index >= 15 is 0 Å². The highest BCUT2D eigenvalue weighted by Crippen LogP contribution is 2.35. The number of alkyl halides is 3. The van der Waals surface area contributed by atoms with Crippen LogP contribution in [0.15, 0.2) is 30.3 Å². The molecule has 34 heavy (non-hydrogen) atoms. The summed E-state index contributed by atoms with van der Waals surface area (Å²) in [6, 6.07) is 10.2. The lowest BCUT2D eigenvalue weighted by Crippen LogP contribution is -2.68. The quantitative estimate of drug-likeness (QED) is 0.636. The zero-order valence-electron chi connectivity index (χ0n) is 19.4. The number of unbranched alkanes of at least 4 members (excludes halogenated alkanes) is 1.